The van der Waals surface area contributed by atoms with Gasteiger partial charge in [-0.2, -0.15) is 0 Å². The van der Waals surface area contributed by atoms with Gasteiger partial charge in [-0.15, -0.1) is 0 Å². The number of fused-ring (bicyclic) bond motifs is 1. The van der Waals surface area contributed by atoms with Crippen molar-refractivity contribution >= 4 is 21.7 Å². The van der Waals surface area contributed by atoms with Gasteiger partial charge in [-0.3, -0.25) is 0 Å². The first-order valence-corrected chi connectivity index (χ1v) is 10.4. The lowest BCUT2D eigenvalue weighted by Crippen LogP contribution is -2.39. The molecule has 3 rings (SSSR count). The van der Waals surface area contributed by atoms with E-state index in [1.54, 1.807) is 11.8 Å². The molecular weight excluding hydrogens is 362 g/mol. The van der Waals surface area contributed by atoms with Crippen molar-refractivity contribution in [2.24, 2.45) is 5.14 Å². The number of nitrogens with two attached hydrogens (primary N) is 1. The van der Waals surface area contributed by atoms with Crippen molar-refractivity contribution in [3.8, 4) is 0 Å². The maximum Gasteiger partial charge on any atom is 0.322 e. The van der Waals surface area contributed by atoms with Crippen molar-refractivity contribution in [2.45, 2.75) is 45.6 Å². The molecule has 7 heteroatoms. The molecule has 2 aromatic rings. The topological polar surface area (TPSA) is 92.5 Å². The van der Waals surface area contributed by atoms with Gasteiger partial charge in [-0.1, -0.05) is 17.7 Å². The fraction of sp³-hybridized carbons (Fsp3) is 0.350. The number of hydrogen-bond acceptors (Lipinski definition) is 3. The van der Waals surface area contributed by atoms with Gasteiger partial charge in [0.25, 0.3) is 0 Å². The molecule has 1 heterocycles. The summed E-state index contributed by atoms with van der Waals surface area (Å²) < 4.78 is 23.4. The van der Waals surface area contributed by atoms with Gasteiger partial charge in [0.2, 0.25) is 10.0 Å². The summed E-state index contributed by atoms with van der Waals surface area (Å²) in [4.78, 5) is 14.6. The summed E-state index contributed by atoms with van der Waals surface area (Å²) >= 11 is 0. The second-order valence-corrected chi connectivity index (χ2v) is 8.84. The summed E-state index contributed by atoms with van der Waals surface area (Å²) in [5.41, 5.74) is 6.97. The van der Waals surface area contributed by atoms with Gasteiger partial charge in [0.05, 0.1) is 4.90 Å². The summed E-state index contributed by atoms with van der Waals surface area (Å²) in [6, 6.07) is 6.98. The van der Waals surface area contributed by atoms with Gasteiger partial charge in [0.15, 0.2) is 0 Å². The fourth-order valence-electron chi connectivity index (χ4n) is 3.60. The number of nitrogens with zero attached hydrogens (tertiary/aromatic N) is 1. The molecule has 1 aliphatic rings. The monoisotopic (exact) mass is 387 g/mol. The highest BCUT2D eigenvalue weighted by atomic mass is 32.2. The molecule has 0 saturated heterocycles. The van der Waals surface area contributed by atoms with Gasteiger partial charge in [-0.05, 0) is 74.1 Å². The zero-order valence-corrected chi connectivity index (χ0v) is 16.9. The Hall–Kier alpha value is -2.38. The molecule has 27 heavy (non-hydrogen) atoms. The number of urea groups is 1. The Morgan fingerprint density at radius 3 is 2.44 bits per heavy atom. The summed E-state index contributed by atoms with van der Waals surface area (Å²) in [5.74, 6) is 0. The molecule has 3 N–H and O–H groups in total. The maximum absolute atomic E-state index is 12.8. The first kappa shape index (κ1) is 19.4. The summed E-state index contributed by atoms with van der Waals surface area (Å²) in [7, 11) is -3.84. The Kier molecular flexibility index (Phi) is 5.01. The van der Waals surface area contributed by atoms with E-state index in [1.807, 2.05) is 6.92 Å². The minimum Gasteiger partial charge on any atom is -0.320 e. The van der Waals surface area contributed by atoms with E-state index in [1.165, 1.54) is 34.4 Å². The maximum atomic E-state index is 12.8. The highest BCUT2D eigenvalue weighted by molar-refractivity contribution is 7.89. The summed E-state index contributed by atoms with van der Waals surface area (Å²) in [6.45, 7) is 8.95. The molecule has 0 bridgehead atoms. The number of rotatable bonds is 2. The molecule has 0 fully saturated rings. The zero-order valence-electron chi connectivity index (χ0n) is 16.1. The number of sulfonamides is 1. The van der Waals surface area contributed by atoms with E-state index >= 15 is 0 Å². The van der Waals surface area contributed by atoms with E-state index in [0.717, 1.165) is 17.5 Å². The van der Waals surface area contributed by atoms with Crippen LogP contribution in [-0.2, 0) is 23.0 Å². The van der Waals surface area contributed by atoms with Crippen LogP contribution in [0.3, 0.4) is 0 Å². The standard InChI is InChI=1S/C20H25N3O3S/c1-12-7-14(3)18-5-6-23(11-16(18)8-12)20(24)22-19-10-17(27(21,25)26)9-13(2)15(19)4/h7-10H,5-6,11H2,1-4H3,(H,22,24)(H2,21,25,26). The van der Waals surface area contributed by atoms with Crippen LogP contribution in [0.15, 0.2) is 29.2 Å². The van der Waals surface area contributed by atoms with Crippen LogP contribution in [0.5, 0.6) is 0 Å². The number of primary sulfonamides is 1. The Bertz CT molecular complexity index is 1030. The van der Waals surface area contributed by atoms with Gasteiger partial charge in [0, 0.05) is 18.8 Å². The van der Waals surface area contributed by atoms with Gasteiger partial charge in [-0.25, -0.2) is 18.4 Å². The molecule has 2 aromatic carbocycles. The lowest BCUT2D eigenvalue weighted by Gasteiger charge is -2.30. The van der Waals surface area contributed by atoms with Crippen molar-refractivity contribution in [1.82, 2.24) is 4.90 Å². The molecule has 0 aliphatic carbocycles. The first-order valence-electron chi connectivity index (χ1n) is 8.85. The molecule has 0 saturated carbocycles. The van der Waals surface area contributed by atoms with Crippen LogP contribution in [0.25, 0.3) is 0 Å². The normalized spacial score (nSPS) is 14.0. The largest absolute Gasteiger partial charge is 0.322 e. The van der Waals surface area contributed by atoms with Crippen molar-refractivity contribution in [3.63, 3.8) is 0 Å². The van der Waals surface area contributed by atoms with E-state index in [4.69, 9.17) is 5.14 Å². The van der Waals surface area contributed by atoms with Crippen LogP contribution in [-0.4, -0.2) is 25.9 Å². The first-order chi connectivity index (χ1) is 12.6. The Balaban J connectivity index is 1.85. The third kappa shape index (κ3) is 3.99. The van der Waals surface area contributed by atoms with Crippen LogP contribution in [0.2, 0.25) is 0 Å². The number of carbonyl (C=O) groups excluding carboxylic acids is 1. The molecule has 2 amide bonds. The average molecular weight is 388 g/mol. The van der Waals surface area contributed by atoms with Crippen molar-refractivity contribution < 1.29 is 13.2 Å². The lowest BCUT2D eigenvalue weighted by molar-refractivity contribution is 0.206. The van der Waals surface area contributed by atoms with Gasteiger partial charge in [0.1, 0.15) is 0 Å². The lowest BCUT2D eigenvalue weighted by atomic mass is 9.93. The highest BCUT2D eigenvalue weighted by Gasteiger charge is 2.23. The van der Waals surface area contributed by atoms with Gasteiger partial charge >= 0.3 is 6.03 Å². The molecular formula is C20H25N3O3S. The number of amides is 2. The van der Waals surface area contributed by atoms with E-state index in [0.29, 0.717) is 18.8 Å². The minimum absolute atomic E-state index is 0.00357. The Morgan fingerprint density at radius 2 is 1.78 bits per heavy atom. The minimum atomic E-state index is -3.84. The molecule has 6 nitrogen and oxygen atoms in total. The molecule has 144 valence electrons. The predicted molar refractivity (Wildman–Crippen MR) is 106 cm³/mol. The third-order valence-electron chi connectivity index (χ3n) is 5.20. The number of nitrogens with one attached hydrogen (secondary N) is 1. The Labute approximate surface area is 160 Å². The second-order valence-electron chi connectivity index (χ2n) is 7.28. The molecule has 0 radical (unpaired) electrons. The van der Waals surface area contributed by atoms with E-state index in [2.05, 4.69) is 31.3 Å². The zero-order chi connectivity index (χ0) is 19.9. The molecule has 1 aliphatic heterocycles. The molecule has 0 aromatic heterocycles. The highest BCUT2D eigenvalue weighted by Crippen LogP contribution is 2.27. The van der Waals surface area contributed by atoms with E-state index in [9.17, 15) is 13.2 Å². The molecule has 0 atom stereocenters. The van der Waals surface area contributed by atoms with Crippen LogP contribution in [0, 0.1) is 27.7 Å². The van der Waals surface area contributed by atoms with Crippen LogP contribution in [0.1, 0.15) is 33.4 Å². The van der Waals surface area contributed by atoms with Crippen LogP contribution >= 0.6 is 0 Å². The molecule has 0 spiro atoms. The van der Waals surface area contributed by atoms with Crippen molar-refractivity contribution in [3.05, 3.63) is 57.6 Å². The van der Waals surface area contributed by atoms with E-state index < -0.39 is 10.0 Å². The smallest absolute Gasteiger partial charge is 0.320 e. The quantitative estimate of drug-likeness (QED) is 0.829. The Morgan fingerprint density at radius 1 is 1.07 bits per heavy atom. The summed E-state index contributed by atoms with van der Waals surface area (Å²) in [5, 5.41) is 8.11. The second kappa shape index (κ2) is 6.98. The van der Waals surface area contributed by atoms with Crippen LogP contribution in [0.4, 0.5) is 10.5 Å². The third-order valence-corrected chi connectivity index (χ3v) is 6.09. The van der Waals surface area contributed by atoms with Crippen molar-refractivity contribution in [1.29, 1.82) is 0 Å². The van der Waals surface area contributed by atoms with Crippen molar-refractivity contribution in [2.75, 3.05) is 11.9 Å². The van der Waals surface area contributed by atoms with E-state index in [-0.39, 0.29) is 10.9 Å². The summed E-state index contributed by atoms with van der Waals surface area (Å²) in [6.07, 6.45) is 0.810. The SMILES string of the molecule is Cc1cc(C)c2c(c1)CN(C(=O)Nc1cc(S(N)(=O)=O)cc(C)c1C)CC2. The van der Waals surface area contributed by atoms with Crippen LogP contribution < -0.4 is 10.5 Å². The average Bonchev–Trinajstić information content (AvgIpc) is 2.57. The number of hydrogen-bond donors (Lipinski definition) is 2. The number of aryl methyl sites for hydroxylation is 3. The van der Waals surface area contributed by atoms with Gasteiger partial charge < -0.3 is 10.2 Å². The number of benzene rings is 2. The number of carbonyl (C=O) groups is 1. The predicted octanol–water partition coefficient (Wildman–Crippen LogP) is 3.16. The number of anilines is 1. The molecule has 0 unspecified atom stereocenters. The fourth-order valence-corrected chi connectivity index (χ4v) is 4.23.